The Balaban J connectivity index is 1.77. The van der Waals surface area contributed by atoms with Gasteiger partial charge in [0.05, 0.1) is 5.69 Å². The van der Waals surface area contributed by atoms with E-state index in [9.17, 15) is 0 Å². The molecule has 0 saturated heterocycles. The Hall–Kier alpha value is -1.06. The van der Waals surface area contributed by atoms with E-state index in [0.717, 1.165) is 22.6 Å². The molecule has 1 heterocycles. The Kier molecular flexibility index (Phi) is 3.76. The zero-order valence-corrected chi connectivity index (χ0v) is 12.7. The van der Waals surface area contributed by atoms with Gasteiger partial charge in [-0.3, -0.25) is 0 Å². The van der Waals surface area contributed by atoms with Crippen molar-refractivity contribution in [3.05, 3.63) is 57.3 Å². The molecule has 4 heteroatoms. The molecule has 0 aliphatic heterocycles. The molecule has 0 bridgehead atoms. The van der Waals surface area contributed by atoms with Crippen LogP contribution in [-0.4, -0.2) is 4.98 Å². The van der Waals surface area contributed by atoms with Gasteiger partial charge in [0, 0.05) is 17.2 Å². The Bertz CT molecular complexity index is 596. The summed E-state index contributed by atoms with van der Waals surface area (Å²) in [6.45, 7) is 0.782. The van der Waals surface area contributed by atoms with Gasteiger partial charge in [0.15, 0.2) is 5.15 Å². The fourth-order valence-electron chi connectivity index (χ4n) is 2.22. The lowest BCUT2D eigenvalue weighted by molar-refractivity contribution is 1.03. The standard InChI is InChI=1S/C15H14BrClN2/c16-12-7-14(15(17)19-9-12)18-8-11-3-1-2-4-13(11)10-5-6-10/h1-4,7,9-10,18H,5-6,8H2. The second-order valence-corrected chi connectivity index (χ2v) is 6.09. The Morgan fingerprint density at radius 1 is 1.32 bits per heavy atom. The molecular formula is C15H14BrClN2. The van der Waals surface area contributed by atoms with E-state index in [0.29, 0.717) is 5.15 Å². The first-order valence-corrected chi connectivity index (χ1v) is 7.54. The Morgan fingerprint density at radius 2 is 2.11 bits per heavy atom. The Labute approximate surface area is 126 Å². The fourth-order valence-corrected chi connectivity index (χ4v) is 2.73. The summed E-state index contributed by atoms with van der Waals surface area (Å²) in [6, 6.07) is 10.6. The fraction of sp³-hybridized carbons (Fsp3) is 0.267. The normalized spacial score (nSPS) is 14.4. The third-order valence-corrected chi connectivity index (χ3v) is 4.08. The number of nitrogens with one attached hydrogen (secondary N) is 1. The minimum Gasteiger partial charge on any atom is -0.378 e. The van der Waals surface area contributed by atoms with E-state index in [1.165, 1.54) is 24.0 Å². The highest BCUT2D eigenvalue weighted by molar-refractivity contribution is 9.10. The first-order chi connectivity index (χ1) is 9.24. The topological polar surface area (TPSA) is 24.9 Å². The van der Waals surface area contributed by atoms with Crippen molar-refractivity contribution in [1.29, 1.82) is 0 Å². The van der Waals surface area contributed by atoms with Gasteiger partial charge in [-0.05, 0) is 51.9 Å². The van der Waals surface area contributed by atoms with Crippen LogP contribution in [0.4, 0.5) is 5.69 Å². The molecule has 19 heavy (non-hydrogen) atoms. The minimum absolute atomic E-state index is 0.507. The number of aromatic nitrogens is 1. The third-order valence-electron chi connectivity index (χ3n) is 3.35. The van der Waals surface area contributed by atoms with Crippen molar-refractivity contribution in [3.63, 3.8) is 0 Å². The van der Waals surface area contributed by atoms with Crippen LogP contribution in [0.3, 0.4) is 0 Å². The molecule has 3 rings (SSSR count). The summed E-state index contributed by atoms with van der Waals surface area (Å²) in [5.41, 5.74) is 3.68. The zero-order valence-electron chi connectivity index (χ0n) is 10.4. The molecule has 1 N–H and O–H groups in total. The highest BCUT2D eigenvalue weighted by Crippen LogP contribution is 2.41. The molecule has 1 aliphatic carbocycles. The van der Waals surface area contributed by atoms with Crippen molar-refractivity contribution in [2.24, 2.45) is 0 Å². The highest BCUT2D eigenvalue weighted by Gasteiger charge is 2.25. The van der Waals surface area contributed by atoms with Gasteiger partial charge >= 0.3 is 0 Å². The lowest BCUT2D eigenvalue weighted by Crippen LogP contribution is -2.03. The maximum atomic E-state index is 6.08. The van der Waals surface area contributed by atoms with E-state index in [4.69, 9.17) is 11.6 Å². The van der Waals surface area contributed by atoms with E-state index in [1.54, 1.807) is 6.20 Å². The summed E-state index contributed by atoms with van der Waals surface area (Å²) in [4.78, 5) is 4.12. The van der Waals surface area contributed by atoms with Crippen LogP contribution in [-0.2, 0) is 6.54 Å². The van der Waals surface area contributed by atoms with E-state index in [1.807, 2.05) is 6.07 Å². The van der Waals surface area contributed by atoms with Crippen molar-refractivity contribution >= 4 is 33.2 Å². The van der Waals surface area contributed by atoms with Crippen LogP contribution in [0.2, 0.25) is 5.15 Å². The SMILES string of the molecule is Clc1ncc(Br)cc1NCc1ccccc1C1CC1. The van der Waals surface area contributed by atoms with Gasteiger partial charge in [0.25, 0.3) is 0 Å². The average molecular weight is 338 g/mol. The molecular weight excluding hydrogens is 324 g/mol. The highest BCUT2D eigenvalue weighted by atomic mass is 79.9. The van der Waals surface area contributed by atoms with Crippen molar-refractivity contribution in [1.82, 2.24) is 4.98 Å². The summed E-state index contributed by atoms with van der Waals surface area (Å²) in [5, 5.41) is 3.88. The summed E-state index contributed by atoms with van der Waals surface area (Å²) in [5.74, 6) is 0.758. The van der Waals surface area contributed by atoms with Crippen LogP contribution < -0.4 is 5.32 Å². The lowest BCUT2D eigenvalue weighted by Gasteiger charge is -2.12. The van der Waals surface area contributed by atoms with Gasteiger partial charge in [-0.2, -0.15) is 0 Å². The number of benzene rings is 1. The van der Waals surface area contributed by atoms with Gasteiger partial charge in [0.2, 0.25) is 0 Å². The molecule has 0 atom stereocenters. The average Bonchev–Trinajstić information content (AvgIpc) is 3.25. The van der Waals surface area contributed by atoms with Crippen LogP contribution in [0, 0.1) is 0 Å². The molecule has 1 aromatic heterocycles. The number of rotatable bonds is 4. The van der Waals surface area contributed by atoms with Gasteiger partial charge in [0.1, 0.15) is 0 Å². The van der Waals surface area contributed by atoms with Crippen molar-refractivity contribution in [2.45, 2.75) is 25.3 Å². The van der Waals surface area contributed by atoms with Crippen LogP contribution in [0.25, 0.3) is 0 Å². The molecule has 0 amide bonds. The lowest BCUT2D eigenvalue weighted by atomic mass is 10.0. The Morgan fingerprint density at radius 3 is 2.89 bits per heavy atom. The zero-order chi connectivity index (χ0) is 13.2. The molecule has 1 aromatic carbocycles. The van der Waals surface area contributed by atoms with Gasteiger partial charge in [-0.1, -0.05) is 35.9 Å². The number of hydrogen-bond acceptors (Lipinski definition) is 2. The predicted molar refractivity (Wildman–Crippen MR) is 82.7 cm³/mol. The molecule has 1 aliphatic rings. The molecule has 0 unspecified atom stereocenters. The van der Waals surface area contributed by atoms with Gasteiger partial charge in [-0.25, -0.2) is 4.98 Å². The number of pyridine rings is 1. The number of anilines is 1. The first kappa shape index (κ1) is 12.9. The van der Waals surface area contributed by atoms with Crippen LogP contribution >= 0.6 is 27.5 Å². The summed E-state index contributed by atoms with van der Waals surface area (Å²) >= 11 is 9.49. The second kappa shape index (κ2) is 5.51. The second-order valence-electron chi connectivity index (χ2n) is 4.82. The summed E-state index contributed by atoms with van der Waals surface area (Å²) in [6.07, 6.45) is 4.33. The van der Waals surface area contributed by atoms with E-state index < -0.39 is 0 Å². The quantitative estimate of drug-likeness (QED) is 0.795. The molecule has 2 nitrogen and oxygen atoms in total. The summed E-state index contributed by atoms with van der Waals surface area (Å²) in [7, 11) is 0. The largest absolute Gasteiger partial charge is 0.378 e. The number of nitrogens with zero attached hydrogens (tertiary/aromatic N) is 1. The van der Waals surface area contributed by atoms with Crippen LogP contribution in [0.15, 0.2) is 41.0 Å². The monoisotopic (exact) mass is 336 g/mol. The molecule has 1 fully saturated rings. The van der Waals surface area contributed by atoms with E-state index >= 15 is 0 Å². The number of halogens is 2. The van der Waals surface area contributed by atoms with Gasteiger partial charge < -0.3 is 5.32 Å². The van der Waals surface area contributed by atoms with E-state index in [2.05, 4.69) is 50.5 Å². The maximum Gasteiger partial charge on any atom is 0.152 e. The van der Waals surface area contributed by atoms with Crippen molar-refractivity contribution in [3.8, 4) is 0 Å². The van der Waals surface area contributed by atoms with Gasteiger partial charge in [-0.15, -0.1) is 0 Å². The molecule has 2 aromatic rings. The summed E-state index contributed by atoms with van der Waals surface area (Å²) < 4.78 is 0.926. The first-order valence-electron chi connectivity index (χ1n) is 6.37. The predicted octanol–water partition coefficient (Wildman–Crippen LogP) is 4.99. The maximum absolute atomic E-state index is 6.08. The van der Waals surface area contributed by atoms with Crippen LogP contribution in [0.5, 0.6) is 0 Å². The third kappa shape index (κ3) is 3.10. The number of hydrogen-bond donors (Lipinski definition) is 1. The van der Waals surface area contributed by atoms with Crippen molar-refractivity contribution in [2.75, 3.05) is 5.32 Å². The smallest absolute Gasteiger partial charge is 0.152 e. The molecule has 1 saturated carbocycles. The van der Waals surface area contributed by atoms with Crippen LogP contribution in [0.1, 0.15) is 29.9 Å². The molecule has 98 valence electrons. The molecule has 0 spiro atoms. The van der Waals surface area contributed by atoms with E-state index in [-0.39, 0.29) is 0 Å². The van der Waals surface area contributed by atoms with Crippen molar-refractivity contribution < 1.29 is 0 Å². The minimum atomic E-state index is 0.507. The molecule has 0 radical (unpaired) electrons.